The van der Waals surface area contributed by atoms with Crippen LogP contribution in [0, 0.1) is 0 Å². The van der Waals surface area contributed by atoms with Gasteiger partial charge in [0.15, 0.2) is 0 Å². The molecule has 2 rings (SSSR count). The van der Waals surface area contributed by atoms with E-state index in [0.717, 1.165) is 44.9 Å². The van der Waals surface area contributed by atoms with Crippen molar-refractivity contribution in [3.8, 4) is 0 Å². The van der Waals surface area contributed by atoms with E-state index in [1.165, 1.54) is 0 Å². The summed E-state index contributed by atoms with van der Waals surface area (Å²) in [6.07, 6.45) is 7.62. The number of benzene rings is 1. The van der Waals surface area contributed by atoms with E-state index < -0.39 is 0 Å². The van der Waals surface area contributed by atoms with E-state index >= 15 is 0 Å². The molecule has 1 aromatic carbocycles. The quantitative estimate of drug-likeness (QED) is 0.614. The minimum Gasteiger partial charge on any atom is -0.354 e. The van der Waals surface area contributed by atoms with Crippen molar-refractivity contribution in [3.63, 3.8) is 0 Å². The molecule has 0 saturated carbocycles. The number of rotatable bonds is 10. The Balaban J connectivity index is 2.07. The van der Waals surface area contributed by atoms with Crippen LogP contribution >= 0.6 is 11.8 Å². The van der Waals surface area contributed by atoms with Crippen molar-refractivity contribution in [2.45, 2.75) is 70.2 Å². The van der Waals surface area contributed by atoms with Crippen LogP contribution in [-0.4, -0.2) is 40.4 Å². The van der Waals surface area contributed by atoms with Crippen LogP contribution in [0.2, 0.25) is 0 Å². The third kappa shape index (κ3) is 5.76. The number of hydrogen-bond acceptors (Lipinski definition) is 3. The highest BCUT2D eigenvalue weighted by Crippen LogP contribution is 2.34. The summed E-state index contributed by atoms with van der Waals surface area (Å²) in [5.74, 6) is 0.663. The highest BCUT2D eigenvalue weighted by atomic mass is 32.2. The molecule has 0 spiro atoms. The molecule has 1 aromatic rings. The van der Waals surface area contributed by atoms with E-state index in [4.69, 9.17) is 0 Å². The standard InChI is InChI=1S/C21H32N2O2S/c1-3-5-8-14-19-23(21(25)17-12-9-7-10-13-17)18(16-26-19)20(24)22-15-11-6-4-2/h7,9-10,12-13,18-19H,3-6,8,11,14-16H2,1-2H3,(H,22,24). The molecule has 1 heterocycles. The first-order valence-electron chi connectivity index (χ1n) is 9.96. The Morgan fingerprint density at radius 3 is 2.46 bits per heavy atom. The highest BCUT2D eigenvalue weighted by Gasteiger charge is 2.41. The fourth-order valence-corrected chi connectivity index (χ4v) is 4.72. The second-order valence-corrected chi connectivity index (χ2v) is 8.09. The van der Waals surface area contributed by atoms with Gasteiger partial charge in [-0.15, -0.1) is 11.8 Å². The Hall–Kier alpha value is -1.49. The van der Waals surface area contributed by atoms with E-state index in [9.17, 15) is 9.59 Å². The van der Waals surface area contributed by atoms with Gasteiger partial charge >= 0.3 is 0 Å². The van der Waals surface area contributed by atoms with E-state index in [1.807, 2.05) is 35.2 Å². The van der Waals surface area contributed by atoms with Crippen molar-refractivity contribution in [1.82, 2.24) is 10.2 Å². The third-order valence-electron chi connectivity index (χ3n) is 4.78. The molecule has 0 aromatic heterocycles. The minimum absolute atomic E-state index is 0.00382. The lowest BCUT2D eigenvalue weighted by Gasteiger charge is -2.29. The number of amides is 2. The van der Waals surface area contributed by atoms with Crippen LogP contribution in [-0.2, 0) is 4.79 Å². The molecular formula is C21H32N2O2S. The van der Waals surface area contributed by atoms with Gasteiger partial charge in [0.2, 0.25) is 5.91 Å². The van der Waals surface area contributed by atoms with E-state index in [2.05, 4.69) is 19.2 Å². The number of nitrogens with one attached hydrogen (secondary N) is 1. The Morgan fingerprint density at radius 1 is 1.08 bits per heavy atom. The van der Waals surface area contributed by atoms with Gasteiger partial charge in [-0.3, -0.25) is 9.59 Å². The fraction of sp³-hybridized carbons (Fsp3) is 0.619. The number of nitrogens with zero attached hydrogens (tertiary/aromatic N) is 1. The molecule has 26 heavy (non-hydrogen) atoms. The summed E-state index contributed by atoms with van der Waals surface area (Å²) in [7, 11) is 0. The average Bonchev–Trinajstić information content (AvgIpc) is 3.09. The van der Waals surface area contributed by atoms with Crippen LogP contribution < -0.4 is 5.32 Å². The molecule has 0 bridgehead atoms. The van der Waals surface area contributed by atoms with Gasteiger partial charge in [0.25, 0.3) is 5.91 Å². The van der Waals surface area contributed by atoms with Crippen molar-refractivity contribution in [2.75, 3.05) is 12.3 Å². The average molecular weight is 377 g/mol. The van der Waals surface area contributed by atoms with Gasteiger partial charge in [-0.25, -0.2) is 0 Å². The molecule has 4 nitrogen and oxygen atoms in total. The maximum absolute atomic E-state index is 13.1. The van der Waals surface area contributed by atoms with Crippen molar-refractivity contribution < 1.29 is 9.59 Å². The SMILES string of the molecule is CCCCCNC(=O)C1CSC(CCCCC)N1C(=O)c1ccccc1. The van der Waals surface area contributed by atoms with Crippen LogP contribution in [0.1, 0.15) is 69.2 Å². The zero-order valence-electron chi connectivity index (χ0n) is 16.1. The summed E-state index contributed by atoms with van der Waals surface area (Å²) in [5, 5.41) is 3.14. The Kier molecular flexibility index (Phi) is 9.02. The van der Waals surface area contributed by atoms with Crippen LogP contribution in [0.5, 0.6) is 0 Å². The largest absolute Gasteiger partial charge is 0.354 e. The highest BCUT2D eigenvalue weighted by molar-refractivity contribution is 8.00. The molecule has 1 aliphatic heterocycles. The van der Waals surface area contributed by atoms with E-state index in [-0.39, 0.29) is 23.2 Å². The van der Waals surface area contributed by atoms with Crippen molar-refractivity contribution in [3.05, 3.63) is 35.9 Å². The second kappa shape index (κ2) is 11.3. The molecule has 2 unspecified atom stereocenters. The molecule has 2 atom stereocenters. The topological polar surface area (TPSA) is 49.4 Å². The van der Waals surface area contributed by atoms with Crippen molar-refractivity contribution >= 4 is 23.6 Å². The fourth-order valence-electron chi connectivity index (χ4n) is 3.26. The molecular weight excluding hydrogens is 344 g/mol. The molecule has 2 amide bonds. The number of unbranched alkanes of at least 4 members (excludes halogenated alkanes) is 4. The second-order valence-electron chi connectivity index (χ2n) is 6.88. The van der Waals surface area contributed by atoms with Crippen molar-refractivity contribution in [2.24, 2.45) is 0 Å². The van der Waals surface area contributed by atoms with Gasteiger partial charge in [-0.05, 0) is 25.0 Å². The summed E-state index contributed by atoms with van der Waals surface area (Å²) >= 11 is 1.75. The molecule has 0 radical (unpaired) electrons. The lowest BCUT2D eigenvalue weighted by molar-refractivity contribution is -0.124. The number of thioether (sulfide) groups is 1. The van der Waals surface area contributed by atoms with Gasteiger partial charge in [-0.2, -0.15) is 0 Å². The first kappa shape index (κ1) is 20.8. The zero-order chi connectivity index (χ0) is 18.8. The Labute approximate surface area is 162 Å². The molecule has 1 fully saturated rings. The maximum atomic E-state index is 13.1. The van der Waals surface area contributed by atoms with Crippen molar-refractivity contribution in [1.29, 1.82) is 0 Å². The predicted octanol–water partition coefficient (Wildman–Crippen LogP) is 4.46. The Morgan fingerprint density at radius 2 is 1.77 bits per heavy atom. The van der Waals surface area contributed by atoms with Crippen LogP contribution in [0.25, 0.3) is 0 Å². The van der Waals surface area contributed by atoms with E-state index in [1.54, 1.807) is 11.8 Å². The summed E-state index contributed by atoms with van der Waals surface area (Å²) < 4.78 is 0. The van der Waals surface area contributed by atoms with Gasteiger partial charge in [-0.1, -0.05) is 64.2 Å². The molecule has 5 heteroatoms. The smallest absolute Gasteiger partial charge is 0.255 e. The van der Waals surface area contributed by atoms with Crippen LogP contribution in [0.4, 0.5) is 0 Å². The van der Waals surface area contributed by atoms with Gasteiger partial charge < -0.3 is 10.2 Å². The summed E-state index contributed by atoms with van der Waals surface area (Å²) in [5.41, 5.74) is 0.666. The van der Waals surface area contributed by atoms with Gasteiger partial charge in [0.1, 0.15) is 6.04 Å². The Bertz CT molecular complexity index is 564. The summed E-state index contributed by atoms with van der Waals surface area (Å²) in [6.45, 7) is 5.03. The van der Waals surface area contributed by atoms with E-state index in [0.29, 0.717) is 17.9 Å². The van der Waals surface area contributed by atoms with Gasteiger partial charge in [0, 0.05) is 17.9 Å². The van der Waals surface area contributed by atoms with Crippen LogP contribution in [0.3, 0.4) is 0 Å². The van der Waals surface area contributed by atoms with Gasteiger partial charge in [0.05, 0.1) is 5.37 Å². The first-order chi connectivity index (χ1) is 12.7. The minimum atomic E-state index is -0.360. The van der Waals surface area contributed by atoms with Crippen LogP contribution in [0.15, 0.2) is 30.3 Å². The summed E-state index contributed by atoms with van der Waals surface area (Å²) in [6, 6.07) is 8.98. The molecule has 1 saturated heterocycles. The number of carbonyl (C=O) groups excluding carboxylic acids is 2. The molecule has 1 N–H and O–H groups in total. The maximum Gasteiger partial charge on any atom is 0.255 e. The summed E-state index contributed by atoms with van der Waals surface area (Å²) in [4.78, 5) is 27.7. The first-order valence-corrected chi connectivity index (χ1v) is 11.0. The molecule has 1 aliphatic rings. The number of hydrogen-bond donors (Lipinski definition) is 1. The normalized spacial score (nSPS) is 19.5. The number of carbonyl (C=O) groups is 2. The zero-order valence-corrected chi connectivity index (χ0v) is 16.9. The molecule has 0 aliphatic carbocycles. The third-order valence-corrected chi connectivity index (χ3v) is 6.14. The lowest BCUT2D eigenvalue weighted by Crippen LogP contribution is -2.50. The predicted molar refractivity (Wildman–Crippen MR) is 109 cm³/mol. The lowest BCUT2D eigenvalue weighted by atomic mass is 10.1. The molecule has 144 valence electrons. The monoisotopic (exact) mass is 376 g/mol.